The summed E-state index contributed by atoms with van der Waals surface area (Å²) in [5, 5.41) is 1.02. The monoisotopic (exact) mass is 304 g/mol. The van der Waals surface area contributed by atoms with Crippen molar-refractivity contribution in [2.45, 2.75) is 43.2 Å². The number of fused-ring (bicyclic) bond motifs is 1. The molecule has 2 aromatic rings. The zero-order valence-corrected chi connectivity index (χ0v) is 13.4. The van der Waals surface area contributed by atoms with Crippen LogP contribution in [0, 0.1) is 13.8 Å². The van der Waals surface area contributed by atoms with Gasteiger partial charge in [0.2, 0.25) is 0 Å². The lowest BCUT2D eigenvalue weighted by Gasteiger charge is -2.29. The Morgan fingerprint density at radius 2 is 2.19 bits per heavy atom. The summed E-state index contributed by atoms with van der Waals surface area (Å²) in [5.74, 6) is 1.78. The lowest BCUT2D eigenvalue weighted by Crippen LogP contribution is -2.29. The largest absolute Gasteiger partial charge is 0.497 e. The summed E-state index contributed by atoms with van der Waals surface area (Å²) in [5.41, 5.74) is 9.89. The van der Waals surface area contributed by atoms with Crippen LogP contribution in [-0.2, 0) is 6.42 Å². The van der Waals surface area contributed by atoms with Crippen molar-refractivity contribution in [1.82, 2.24) is 4.98 Å². The first kappa shape index (κ1) is 14.5. The summed E-state index contributed by atoms with van der Waals surface area (Å²) < 4.78 is 10.9. The third-order valence-corrected chi connectivity index (χ3v) is 5.28. The van der Waals surface area contributed by atoms with E-state index in [2.05, 4.69) is 17.1 Å². The Morgan fingerprint density at radius 3 is 2.86 bits per heavy atom. The second-order valence-electron chi connectivity index (χ2n) is 5.41. The van der Waals surface area contributed by atoms with E-state index in [1.54, 1.807) is 18.9 Å². The van der Waals surface area contributed by atoms with Crippen molar-refractivity contribution < 1.29 is 9.15 Å². The molecule has 21 heavy (non-hydrogen) atoms. The van der Waals surface area contributed by atoms with Crippen molar-refractivity contribution in [2.75, 3.05) is 7.11 Å². The van der Waals surface area contributed by atoms with Crippen molar-refractivity contribution in [1.29, 1.82) is 0 Å². The van der Waals surface area contributed by atoms with Gasteiger partial charge in [0.15, 0.2) is 0 Å². The second kappa shape index (κ2) is 5.73. The van der Waals surface area contributed by atoms with E-state index in [0.29, 0.717) is 5.25 Å². The number of nitrogens with two attached hydrogens (primary N) is 1. The summed E-state index contributed by atoms with van der Waals surface area (Å²) in [6.07, 6.45) is 2.03. The predicted octanol–water partition coefficient (Wildman–Crippen LogP) is 3.41. The summed E-state index contributed by atoms with van der Waals surface area (Å²) in [6, 6.07) is 6.15. The van der Waals surface area contributed by atoms with Gasteiger partial charge in [0.1, 0.15) is 11.5 Å². The maximum absolute atomic E-state index is 6.44. The molecule has 112 valence electrons. The Bertz CT molecular complexity index is 634. The zero-order valence-electron chi connectivity index (χ0n) is 12.6. The molecule has 0 amide bonds. The molecule has 0 saturated heterocycles. The Hall–Kier alpha value is -1.46. The molecule has 0 saturated carbocycles. The molecule has 1 aromatic carbocycles. The van der Waals surface area contributed by atoms with Crippen LogP contribution >= 0.6 is 11.8 Å². The average Bonchev–Trinajstić information content (AvgIpc) is 2.80. The standard InChI is InChI=1S/C16H20N2O2S/c1-9-10(2)20-16(18-9)21-14-7-4-11-8-12(19-3)5-6-13(11)15(14)17/h5-6,8,14-15H,4,7,17H2,1-3H3. The lowest BCUT2D eigenvalue weighted by molar-refractivity contribution is 0.412. The van der Waals surface area contributed by atoms with Gasteiger partial charge >= 0.3 is 0 Å². The fourth-order valence-corrected chi connectivity index (χ4v) is 3.83. The van der Waals surface area contributed by atoms with Crippen molar-refractivity contribution in [3.63, 3.8) is 0 Å². The van der Waals surface area contributed by atoms with E-state index in [4.69, 9.17) is 14.9 Å². The number of hydrogen-bond donors (Lipinski definition) is 1. The summed E-state index contributed by atoms with van der Waals surface area (Å²) in [6.45, 7) is 3.90. The van der Waals surface area contributed by atoms with Crippen molar-refractivity contribution in [3.8, 4) is 5.75 Å². The predicted molar refractivity (Wildman–Crippen MR) is 83.9 cm³/mol. The van der Waals surface area contributed by atoms with Gasteiger partial charge in [0, 0.05) is 11.3 Å². The van der Waals surface area contributed by atoms with E-state index in [0.717, 1.165) is 35.3 Å². The molecule has 3 rings (SSSR count). The SMILES string of the molecule is COc1ccc2c(c1)CCC(Sc1nc(C)c(C)o1)C2N. The fourth-order valence-electron chi connectivity index (χ4n) is 2.68. The van der Waals surface area contributed by atoms with Gasteiger partial charge in [0.05, 0.1) is 12.8 Å². The number of aromatic nitrogens is 1. The van der Waals surface area contributed by atoms with Gasteiger partial charge < -0.3 is 14.9 Å². The number of ether oxygens (including phenoxy) is 1. The Morgan fingerprint density at radius 1 is 1.38 bits per heavy atom. The first-order chi connectivity index (χ1) is 10.1. The van der Waals surface area contributed by atoms with Crippen LogP contribution in [0.4, 0.5) is 0 Å². The topological polar surface area (TPSA) is 61.3 Å². The highest BCUT2D eigenvalue weighted by Gasteiger charge is 2.29. The number of aryl methyl sites for hydroxylation is 3. The van der Waals surface area contributed by atoms with E-state index in [-0.39, 0.29) is 6.04 Å². The number of oxazole rings is 1. The Balaban J connectivity index is 1.80. The molecule has 5 heteroatoms. The lowest BCUT2D eigenvalue weighted by atomic mass is 9.87. The highest BCUT2D eigenvalue weighted by Crippen LogP contribution is 2.39. The molecule has 0 bridgehead atoms. The van der Waals surface area contributed by atoms with Crippen LogP contribution in [0.15, 0.2) is 27.8 Å². The third kappa shape index (κ3) is 2.80. The molecule has 0 radical (unpaired) electrons. The molecule has 2 atom stereocenters. The van der Waals surface area contributed by atoms with Crippen LogP contribution in [0.25, 0.3) is 0 Å². The summed E-state index contributed by atoms with van der Waals surface area (Å²) >= 11 is 1.65. The molecule has 1 aliphatic rings. The molecule has 2 N–H and O–H groups in total. The highest BCUT2D eigenvalue weighted by molar-refractivity contribution is 7.99. The fraction of sp³-hybridized carbons (Fsp3) is 0.438. The first-order valence-electron chi connectivity index (χ1n) is 7.11. The normalized spacial score (nSPS) is 21.1. The average molecular weight is 304 g/mol. The van der Waals surface area contributed by atoms with E-state index < -0.39 is 0 Å². The van der Waals surface area contributed by atoms with E-state index in [9.17, 15) is 0 Å². The maximum atomic E-state index is 6.44. The van der Waals surface area contributed by atoms with Gasteiger partial charge in [-0.15, -0.1) is 0 Å². The smallest absolute Gasteiger partial charge is 0.256 e. The molecule has 0 fully saturated rings. The first-order valence-corrected chi connectivity index (χ1v) is 7.99. The Labute approximate surface area is 129 Å². The van der Waals surface area contributed by atoms with Crippen molar-refractivity contribution in [2.24, 2.45) is 5.73 Å². The molecule has 0 spiro atoms. The highest BCUT2D eigenvalue weighted by atomic mass is 32.2. The minimum Gasteiger partial charge on any atom is -0.497 e. The van der Waals surface area contributed by atoms with Crippen molar-refractivity contribution in [3.05, 3.63) is 40.8 Å². The number of nitrogens with zero attached hydrogens (tertiary/aromatic N) is 1. The second-order valence-corrected chi connectivity index (χ2v) is 6.60. The third-order valence-electron chi connectivity index (χ3n) is 4.07. The van der Waals surface area contributed by atoms with Crippen LogP contribution < -0.4 is 10.5 Å². The summed E-state index contributed by atoms with van der Waals surface area (Å²) in [4.78, 5) is 4.44. The zero-order chi connectivity index (χ0) is 15.0. The van der Waals surface area contributed by atoms with E-state index in [1.807, 2.05) is 19.9 Å². The van der Waals surface area contributed by atoms with E-state index in [1.165, 1.54) is 11.1 Å². The van der Waals surface area contributed by atoms with Gasteiger partial charge in [-0.3, -0.25) is 0 Å². The molecule has 1 aliphatic carbocycles. The Kier molecular flexibility index (Phi) is 3.95. The number of rotatable bonds is 3. The molecule has 1 aromatic heterocycles. The molecule has 4 nitrogen and oxygen atoms in total. The molecule has 0 aliphatic heterocycles. The molecular formula is C16H20N2O2S. The number of benzene rings is 1. The van der Waals surface area contributed by atoms with Crippen LogP contribution in [0.5, 0.6) is 5.75 Å². The summed E-state index contributed by atoms with van der Waals surface area (Å²) in [7, 11) is 1.69. The number of hydrogen-bond acceptors (Lipinski definition) is 5. The van der Waals surface area contributed by atoms with Gasteiger partial charge in [-0.2, -0.15) is 0 Å². The number of thioether (sulfide) groups is 1. The maximum Gasteiger partial charge on any atom is 0.256 e. The van der Waals surface area contributed by atoms with Crippen molar-refractivity contribution >= 4 is 11.8 Å². The number of methoxy groups -OCH3 is 1. The minimum atomic E-state index is -0.00262. The van der Waals surface area contributed by atoms with Gasteiger partial charge in [0.25, 0.3) is 5.22 Å². The molecular weight excluding hydrogens is 284 g/mol. The molecule has 2 unspecified atom stereocenters. The van der Waals surface area contributed by atoms with Crippen LogP contribution in [0.1, 0.15) is 35.0 Å². The quantitative estimate of drug-likeness (QED) is 0.941. The van der Waals surface area contributed by atoms with Crippen LogP contribution in [-0.4, -0.2) is 17.3 Å². The van der Waals surface area contributed by atoms with Gasteiger partial charge in [-0.25, -0.2) is 4.98 Å². The molecule has 1 heterocycles. The van der Waals surface area contributed by atoms with Crippen LogP contribution in [0.3, 0.4) is 0 Å². The van der Waals surface area contributed by atoms with Crippen LogP contribution in [0.2, 0.25) is 0 Å². The van der Waals surface area contributed by atoms with E-state index >= 15 is 0 Å². The minimum absolute atomic E-state index is 0.00262. The van der Waals surface area contributed by atoms with Gasteiger partial charge in [-0.1, -0.05) is 17.8 Å². The van der Waals surface area contributed by atoms with Gasteiger partial charge in [-0.05, 0) is 49.9 Å².